The number of ether oxygens (including phenoxy) is 1. The van der Waals surface area contributed by atoms with Crippen molar-refractivity contribution in [2.24, 2.45) is 0 Å². The van der Waals surface area contributed by atoms with Crippen LogP contribution >= 0.6 is 11.3 Å². The minimum Gasteiger partial charge on any atom is -0.376 e. The van der Waals surface area contributed by atoms with Crippen molar-refractivity contribution in [2.45, 2.75) is 31.9 Å². The number of amides is 1. The molecule has 2 aromatic carbocycles. The summed E-state index contributed by atoms with van der Waals surface area (Å²) in [6.45, 7) is 1.39. The number of hydrogen-bond acceptors (Lipinski definition) is 6. The maximum absolute atomic E-state index is 13.3. The molecule has 3 heterocycles. The molecule has 1 fully saturated rings. The van der Waals surface area contributed by atoms with Crippen LogP contribution in [-0.2, 0) is 22.5 Å². The van der Waals surface area contributed by atoms with Crippen molar-refractivity contribution in [3.05, 3.63) is 81.8 Å². The van der Waals surface area contributed by atoms with Crippen LogP contribution in [0.3, 0.4) is 0 Å². The number of para-hydroxylation sites is 1. The van der Waals surface area contributed by atoms with Gasteiger partial charge in [0.1, 0.15) is 10.8 Å². The van der Waals surface area contributed by atoms with Crippen LogP contribution in [0.4, 0.5) is 0 Å². The predicted octanol–water partition coefficient (Wildman–Crippen LogP) is 3.80. The van der Waals surface area contributed by atoms with Gasteiger partial charge >= 0.3 is 0 Å². The van der Waals surface area contributed by atoms with E-state index in [0.29, 0.717) is 29.9 Å². The normalized spacial score (nSPS) is 15.7. The molecule has 0 spiro atoms. The molecule has 168 valence electrons. The Bertz CT molecular complexity index is 1310. The van der Waals surface area contributed by atoms with Gasteiger partial charge in [-0.05, 0) is 25.0 Å². The molecule has 5 rings (SSSR count). The molecule has 7 nitrogen and oxygen atoms in total. The highest BCUT2D eigenvalue weighted by Gasteiger charge is 2.24. The Hall–Kier alpha value is -3.36. The van der Waals surface area contributed by atoms with E-state index in [9.17, 15) is 9.59 Å². The Morgan fingerprint density at radius 2 is 1.94 bits per heavy atom. The Kier molecular flexibility index (Phi) is 6.28. The minimum absolute atomic E-state index is 0.00329. The summed E-state index contributed by atoms with van der Waals surface area (Å²) in [6.07, 6.45) is 2.09. The average molecular weight is 461 g/mol. The lowest BCUT2D eigenvalue weighted by molar-refractivity contribution is -0.132. The van der Waals surface area contributed by atoms with Crippen LogP contribution < -0.4 is 5.56 Å². The zero-order chi connectivity index (χ0) is 22.6. The Morgan fingerprint density at radius 1 is 1.12 bits per heavy atom. The Balaban J connectivity index is 1.36. The first-order valence-corrected chi connectivity index (χ1v) is 11.9. The number of fused-ring (bicyclic) bond motifs is 1. The van der Waals surface area contributed by atoms with Gasteiger partial charge in [-0.1, -0.05) is 42.5 Å². The molecule has 0 radical (unpaired) electrons. The average Bonchev–Trinajstić information content (AvgIpc) is 3.52. The van der Waals surface area contributed by atoms with Gasteiger partial charge in [-0.2, -0.15) is 0 Å². The molecule has 1 aliphatic rings. The number of carbonyl (C=O) groups excluding carboxylic acids is 1. The number of carbonyl (C=O) groups is 1. The van der Waals surface area contributed by atoms with E-state index >= 15 is 0 Å². The molecular formula is C25H24N4O3S. The van der Waals surface area contributed by atoms with Crippen LogP contribution in [0.15, 0.2) is 64.8 Å². The molecular weight excluding hydrogens is 436 g/mol. The third kappa shape index (κ3) is 5.02. The molecule has 2 aromatic heterocycles. The standard InChI is InChI=1S/C25H24N4O3S/c30-23(13-18-16-33-25(26-18)17-7-2-1-3-8-17)29(14-19-9-6-12-32-19)15-22-27-21-11-5-4-10-20(21)24(31)28-22/h1-5,7-8,10-11,16,19H,6,9,12-15H2,(H,27,28,31)/t19-/m1/s1. The number of hydrogen-bond donors (Lipinski definition) is 1. The fraction of sp³-hybridized carbons (Fsp3) is 0.280. The molecule has 8 heteroatoms. The highest BCUT2D eigenvalue weighted by atomic mass is 32.1. The summed E-state index contributed by atoms with van der Waals surface area (Å²) >= 11 is 1.53. The molecule has 0 saturated carbocycles. The van der Waals surface area contributed by atoms with E-state index in [1.54, 1.807) is 17.0 Å². The molecule has 1 aliphatic heterocycles. The van der Waals surface area contributed by atoms with Crippen LogP contribution in [0.25, 0.3) is 21.5 Å². The van der Waals surface area contributed by atoms with E-state index < -0.39 is 0 Å². The number of nitrogens with one attached hydrogen (secondary N) is 1. The maximum atomic E-state index is 13.3. The number of thiazole rings is 1. The number of nitrogens with zero attached hydrogens (tertiary/aromatic N) is 3. The van der Waals surface area contributed by atoms with Crippen molar-refractivity contribution in [1.82, 2.24) is 19.9 Å². The van der Waals surface area contributed by atoms with Gasteiger partial charge in [0, 0.05) is 24.1 Å². The van der Waals surface area contributed by atoms with Crippen LogP contribution in [0.5, 0.6) is 0 Å². The summed E-state index contributed by atoms with van der Waals surface area (Å²) < 4.78 is 5.78. The number of H-pyrrole nitrogens is 1. The van der Waals surface area contributed by atoms with E-state index in [4.69, 9.17) is 4.74 Å². The smallest absolute Gasteiger partial charge is 0.258 e. The summed E-state index contributed by atoms with van der Waals surface area (Å²) in [5, 5.41) is 3.36. The first-order chi connectivity index (χ1) is 16.2. The van der Waals surface area contributed by atoms with E-state index in [1.807, 2.05) is 47.8 Å². The topological polar surface area (TPSA) is 88.2 Å². The second kappa shape index (κ2) is 9.64. The summed E-state index contributed by atoms with van der Waals surface area (Å²) in [5.74, 6) is 0.402. The van der Waals surface area contributed by atoms with Crippen LogP contribution in [0.1, 0.15) is 24.4 Å². The number of aromatic nitrogens is 3. The molecule has 4 aromatic rings. The van der Waals surface area contributed by atoms with Crippen molar-refractivity contribution < 1.29 is 9.53 Å². The molecule has 0 unspecified atom stereocenters. The lowest BCUT2D eigenvalue weighted by Crippen LogP contribution is -2.38. The lowest BCUT2D eigenvalue weighted by Gasteiger charge is -2.25. The predicted molar refractivity (Wildman–Crippen MR) is 128 cm³/mol. The van der Waals surface area contributed by atoms with Gasteiger partial charge < -0.3 is 14.6 Å². The highest BCUT2D eigenvalue weighted by Crippen LogP contribution is 2.24. The quantitative estimate of drug-likeness (QED) is 0.453. The Labute approximate surface area is 195 Å². The van der Waals surface area contributed by atoms with Crippen molar-refractivity contribution in [1.29, 1.82) is 0 Å². The van der Waals surface area contributed by atoms with E-state index in [1.165, 1.54) is 11.3 Å². The first kappa shape index (κ1) is 21.5. The van der Waals surface area contributed by atoms with Gasteiger partial charge in [-0.3, -0.25) is 9.59 Å². The summed E-state index contributed by atoms with van der Waals surface area (Å²) in [6, 6.07) is 17.1. The molecule has 33 heavy (non-hydrogen) atoms. The summed E-state index contributed by atoms with van der Waals surface area (Å²) in [7, 11) is 0. The highest BCUT2D eigenvalue weighted by molar-refractivity contribution is 7.13. The molecule has 1 saturated heterocycles. The zero-order valence-corrected chi connectivity index (χ0v) is 18.9. The fourth-order valence-corrected chi connectivity index (χ4v) is 4.87. The van der Waals surface area contributed by atoms with Crippen LogP contribution in [0, 0.1) is 0 Å². The molecule has 1 atom stereocenters. The van der Waals surface area contributed by atoms with Gasteiger partial charge in [-0.15, -0.1) is 11.3 Å². The minimum atomic E-state index is -0.202. The number of aromatic amines is 1. The third-order valence-corrected chi connectivity index (χ3v) is 6.65. The van der Waals surface area contributed by atoms with E-state index in [2.05, 4.69) is 15.0 Å². The first-order valence-electron chi connectivity index (χ1n) is 11.0. The van der Waals surface area contributed by atoms with Crippen molar-refractivity contribution in [2.75, 3.05) is 13.2 Å². The SMILES string of the molecule is O=C(Cc1csc(-c2ccccc2)n1)N(Cc1nc2ccccc2c(=O)[nH]1)C[C@H]1CCCO1. The zero-order valence-electron chi connectivity index (χ0n) is 18.1. The molecule has 0 bridgehead atoms. The largest absolute Gasteiger partial charge is 0.376 e. The maximum Gasteiger partial charge on any atom is 0.258 e. The van der Waals surface area contributed by atoms with Gasteiger partial charge in [0.15, 0.2) is 0 Å². The monoisotopic (exact) mass is 460 g/mol. The van der Waals surface area contributed by atoms with E-state index in [-0.39, 0.29) is 30.5 Å². The van der Waals surface area contributed by atoms with Crippen molar-refractivity contribution >= 4 is 28.1 Å². The summed E-state index contributed by atoms with van der Waals surface area (Å²) in [5.41, 5.74) is 2.19. The van der Waals surface area contributed by atoms with Gasteiger partial charge in [0.2, 0.25) is 5.91 Å². The Morgan fingerprint density at radius 3 is 2.76 bits per heavy atom. The fourth-order valence-electron chi connectivity index (χ4n) is 4.05. The number of benzene rings is 2. The van der Waals surface area contributed by atoms with Gasteiger partial charge in [0.05, 0.1) is 35.7 Å². The molecule has 1 amide bonds. The third-order valence-electron chi connectivity index (χ3n) is 5.71. The number of rotatable bonds is 7. The summed E-state index contributed by atoms with van der Waals surface area (Å²) in [4.78, 5) is 39.6. The van der Waals surface area contributed by atoms with Crippen molar-refractivity contribution in [3.8, 4) is 10.6 Å². The second-order valence-electron chi connectivity index (χ2n) is 8.13. The van der Waals surface area contributed by atoms with E-state index in [0.717, 1.165) is 29.1 Å². The molecule has 0 aliphatic carbocycles. The second-order valence-corrected chi connectivity index (χ2v) is 8.98. The van der Waals surface area contributed by atoms with Gasteiger partial charge in [0.25, 0.3) is 5.56 Å². The molecule has 1 N–H and O–H groups in total. The van der Waals surface area contributed by atoms with Crippen LogP contribution in [0.2, 0.25) is 0 Å². The van der Waals surface area contributed by atoms with Gasteiger partial charge in [-0.25, -0.2) is 9.97 Å². The van der Waals surface area contributed by atoms with Crippen LogP contribution in [-0.4, -0.2) is 45.0 Å². The lowest BCUT2D eigenvalue weighted by atomic mass is 10.2. The van der Waals surface area contributed by atoms with Crippen molar-refractivity contribution in [3.63, 3.8) is 0 Å².